The van der Waals surface area contributed by atoms with Crippen LogP contribution in [0.2, 0.25) is 0 Å². The summed E-state index contributed by atoms with van der Waals surface area (Å²) in [6.45, 7) is 3.71. The molecule has 0 unspecified atom stereocenters. The molecule has 0 bridgehead atoms. The first-order valence-electron chi connectivity index (χ1n) is 12.1. The van der Waals surface area contributed by atoms with Crippen LogP contribution in [0.4, 0.5) is 17.1 Å². The number of para-hydroxylation sites is 1. The van der Waals surface area contributed by atoms with Gasteiger partial charge < -0.3 is 5.11 Å². The highest BCUT2D eigenvalue weighted by molar-refractivity contribution is 7.93. The Bertz CT molecular complexity index is 1870. The number of fused-ring (bicyclic) bond motifs is 1. The Hall–Kier alpha value is -4.34. The molecule has 0 radical (unpaired) electrons. The van der Waals surface area contributed by atoms with E-state index in [0.29, 0.717) is 5.39 Å². The van der Waals surface area contributed by atoms with E-state index >= 15 is 0 Å². The number of rotatable bonds is 7. The van der Waals surface area contributed by atoms with E-state index in [1.165, 1.54) is 30.3 Å². The minimum atomic E-state index is -4.24. The fourth-order valence-corrected chi connectivity index (χ4v) is 6.85. The molecule has 39 heavy (non-hydrogen) atoms. The second kappa shape index (κ2) is 10.1. The monoisotopic (exact) mass is 558 g/mol. The van der Waals surface area contributed by atoms with Gasteiger partial charge in [-0.05, 0) is 56.3 Å². The van der Waals surface area contributed by atoms with Crippen molar-refractivity contribution in [2.75, 3.05) is 9.03 Å². The summed E-state index contributed by atoms with van der Waals surface area (Å²) in [4.78, 5) is 0.0743. The highest BCUT2D eigenvalue weighted by atomic mass is 32.2. The molecule has 0 heterocycles. The number of phenolic OH excluding ortho intramolecular Hbond substituents is 1. The third kappa shape index (κ3) is 5.06. The van der Waals surface area contributed by atoms with Crippen LogP contribution in [0.15, 0.2) is 119 Å². The van der Waals surface area contributed by atoms with Crippen LogP contribution in [0.1, 0.15) is 11.1 Å². The first-order valence-corrected chi connectivity index (χ1v) is 15.0. The number of hydrogen-bond donors (Lipinski definition) is 2. The number of aromatic hydroxyl groups is 1. The third-order valence-electron chi connectivity index (χ3n) is 6.34. The summed E-state index contributed by atoms with van der Waals surface area (Å²) < 4.78 is 58.4. The van der Waals surface area contributed by atoms with Gasteiger partial charge in [-0.25, -0.2) is 21.1 Å². The van der Waals surface area contributed by atoms with Crippen molar-refractivity contribution in [3.63, 3.8) is 0 Å². The lowest BCUT2D eigenvalue weighted by atomic mass is 10.1. The normalized spacial score (nSPS) is 11.8. The highest BCUT2D eigenvalue weighted by Crippen LogP contribution is 2.45. The highest BCUT2D eigenvalue weighted by Gasteiger charge is 2.31. The molecule has 0 aliphatic carbocycles. The molecule has 0 saturated carbocycles. The van der Waals surface area contributed by atoms with Crippen LogP contribution >= 0.6 is 0 Å². The number of anilines is 3. The largest absolute Gasteiger partial charge is 0.505 e. The van der Waals surface area contributed by atoms with Crippen molar-refractivity contribution in [3.05, 3.63) is 120 Å². The van der Waals surface area contributed by atoms with Crippen LogP contribution < -0.4 is 9.03 Å². The van der Waals surface area contributed by atoms with Gasteiger partial charge in [-0.3, -0.25) is 4.72 Å². The Morgan fingerprint density at radius 3 is 1.74 bits per heavy atom. The number of hydrogen-bond acceptors (Lipinski definition) is 5. The Balaban J connectivity index is 1.75. The van der Waals surface area contributed by atoms with Gasteiger partial charge in [0, 0.05) is 10.8 Å². The lowest BCUT2D eigenvalue weighted by Gasteiger charge is -2.27. The summed E-state index contributed by atoms with van der Waals surface area (Å²) in [7, 11) is -8.27. The fourth-order valence-electron chi connectivity index (χ4n) is 4.29. The third-order valence-corrected chi connectivity index (χ3v) is 9.48. The van der Waals surface area contributed by atoms with E-state index in [9.17, 15) is 21.9 Å². The number of nitrogens with one attached hydrogen (secondary N) is 1. The van der Waals surface area contributed by atoms with E-state index < -0.39 is 20.0 Å². The van der Waals surface area contributed by atoms with Crippen LogP contribution in [0.3, 0.4) is 0 Å². The van der Waals surface area contributed by atoms with Crippen LogP contribution in [-0.2, 0) is 20.0 Å². The van der Waals surface area contributed by atoms with Gasteiger partial charge in [0.15, 0.2) is 0 Å². The molecule has 0 atom stereocenters. The Morgan fingerprint density at radius 1 is 0.641 bits per heavy atom. The van der Waals surface area contributed by atoms with Gasteiger partial charge in [0.25, 0.3) is 20.0 Å². The quantitative estimate of drug-likeness (QED) is 0.222. The standard InChI is InChI=1S/C30H26N2O5S2/c1-21-12-16-24(17-13-21)38(34,35)31-28-20-29(30(33)27-11-7-6-10-26(27)28)32(23-8-4-3-5-9-23)39(36,37)25-18-14-22(2)15-19-25/h3-20,31,33H,1-2H3. The number of nitrogens with zero attached hydrogens (tertiary/aromatic N) is 1. The average molecular weight is 559 g/mol. The molecule has 0 aliphatic rings. The fraction of sp³-hybridized carbons (Fsp3) is 0.0667. The minimum Gasteiger partial charge on any atom is -0.505 e. The topological polar surface area (TPSA) is 104 Å². The lowest BCUT2D eigenvalue weighted by Crippen LogP contribution is -2.26. The van der Waals surface area contributed by atoms with Crippen molar-refractivity contribution in [1.82, 2.24) is 0 Å². The Kier molecular flexibility index (Phi) is 6.80. The average Bonchev–Trinajstić information content (AvgIpc) is 2.92. The molecule has 198 valence electrons. The van der Waals surface area contributed by atoms with Gasteiger partial charge in [-0.1, -0.05) is 77.9 Å². The van der Waals surface area contributed by atoms with Gasteiger partial charge in [-0.2, -0.15) is 0 Å². The molecule has 0 spiro atoms. The first kappa shape index (κ1) is 26.3. The van der Waals surface area contributed by atoms with E-state index in [1.54, 1.807) is 78.9 Å². The molecule has 0 aliphatic heterocycles. The van der Waals surface area contributed by atoms with Crippen LogP contribution in [0.5, 0.6) is 5.75 Å². The van der Waals surface area contributed by atoms with E-state index in [-0.39, 0.29) is 38.0 Å². The maximum atomic E-state index is 14.1. The molecule has 5 aromatic carbocycles. The predicted octanol–water partition coefficient (Wildman–Crippen LogP) is 6.49. The van der Waals surface area contributed by atoms with Crippen molar-refractivity contribution in [3.8, 4) is 5.75 Å². The zero-order valence-electron chi connectivity index (χ0n) is 21.2. The van der Waals surface area contributed by atoms with Gasteiger partial charge >= 0.3 is 0 Å². The van der Waals surface area contributed by atoms with Crippen molar-refractivity contribution < 1.29 is 21.9 Å². The van der Waals surface area contributed by atoms with Gasteiger partial charge in [0.1, 0.15) is 11.4 Å². The SMILES string of the molecule is Cc1ccc(S(=O)(=O)Nc2cc(N(c3ccccc3)S(=O)(=O)c3ccc(C)cc3)c(O)c3ccccc23)cc1. The van der Waals surface area contributed by atoms with E-state index in [2.05, 4.69) is 4.72 Å². The van der Waals surface area contributed by atoms with Crippen molar-refractivity contribution >= 4 is 47.9 Å². The summed E-state index contributed by atoms with van der Waals surface area (Å²) in [5.41, 5.74) is 2.10. The number of phenols is 1. The Labute approximate surface area is 228 Å². The smallest absolute Gasteiger partial charge is 0.268 e. The molecule has 7 nitrogen and oxygen atoms in total. The summed E-state index contributed by atoms with van der Waals surface area (Å²) in [5.74, 6) is -0.302. The lowest BCUT2D eigenvalue weighted by molar-refractivity contribution is 0.482. The molecule has 0 saturated heterocycles. The van der Waals surface area contributed by atoms with Gasteiger partial charge in [0.2, 0.25) is 0 Å². The second-order valence-electron chi connectivity index (χ2n) is 9.17. The molecule has 5 rings (SSSR count). The predicted molar refractivity (Wildman–Crippen MR) is 155 cm³/mol. The maximum Gasteiger partial charge on any atom is 0.268 e. The van der Waals surface area contributed by atoms with Crippen molar-refractivity contribution in [2.45, 2.75) is 23.6 Å². The molecular formula is C30H26N2O5S2. The van der Waals surface area contributed by atoms with Gasteiger partial charge in [0.05, 0.1) is 21.2 Å². The Morgan fingerprint density at radius 2 is 1.15 bits per heavy atom. The van der Waals surface area contributed by atoms with E-state index in [1.807, 2.05) is 13.8 Å². The van der Waals surface area contributed by atoms with Gasteiger partial charge in [-0.15, -0.1) is 0 Å². The molecule has 0 aromatic heterocycles. The first-order chi connectivity index (χ1) is 18.6. The summed E-state index contributed by atoms with van der Waals surface area (Å²) in [6, 6.07) is 29.1. The molecule has 0 fully saturated rings. The zero-order chi connectivity index (χ0) is 27.8. The van der Waals surface area contributed by atoms with Crippen LogP contribution in [0.25, 0.3) is 10.8 Å². The van der Waals surface area contributed by atoms with Crippen molar-refractivity contribution in [2.24, 2.45) is 0 Å². The molecule has 5 aromatic rings. The number of aryl methyl sites for hydroxylation is 2. The number of sulfonamides is 2. The summed E-state index contributed by atoms with van der Waals surface area (Å²) >= 11 is 0. The van der Waals surface area contributed by atoms with Crippen LogP contribution in [0, 0.1) is 13.8 Å². The molecule has 0 amide bonds. The molecule has 2 N–H and O–H groups in total. The zero-order valence-corrected chi connectivity index (χ0v) is 22.9. The molecule has 9 heteroatoms. The van der Waals surface area contributed by atoms with E-state index in [0.717, 1.165) is 15.4 Å². The van der Waals surface area contributed by atoms with Crippen LogP contribution in [-0.4, -0.2) is 21.9 Å². The number of benzene rings is 5. The van der Waals surface area contributed by atoms with Crippen molar-refractivity contribution in [1.29, 1.82) is 0 Å². The second-order valence-corrected chi connectivity index (χ2v) is 12.6. The summed E-state index contributed by atoms with van der Waals surface area (Å²) in [6.07, 6.45) is 0. The minimum absolute atomic E-state index is 0.0197. The maximum absolute atomic E-state index is 14.1. The van der Waals surface area contributed by atoms with E-state index in [4.69, 9.17) is 0 Å². The summed E-state index contributed by atoms with van der Waals surface area (Å²) in [5, 5.41) is 12.1. The molecular weight excluding hydrogens is 532 g/mol.